The molecule has 27 heavy (non-hydrogen) atoms. The SMILES string of the molecule is CCCN1C(=O)[C@H]2Cc3c([nH]c4ccccc34)[C@@H](c3ccccc3)N2C1=S. The first-order chi connectivity index (χ1) is 13.2. The van der Waals surface area contributed by atoms with Crippen LogP contribution in [-0.2, 0) is 11.2 Å². The quantitative estimate of drug-likeness (QED) is 0.703. The van der Waals surface area contributed by atoms with Crippen molar-refractivity contribution >= 4 is 34.1 Å². The van der Waals surface area contributed by atoms with Gasteiger partial charge in [-0.15, -0.1) is 0 Å². The van der Waals surface area contributed by atoms with Crippen molar-refractivity contribution in [3.8, 4) is 0 Å². The van der Waals surface area contributed by atoms with Crippen molar-refractivity contribution in [3.63, 3.8) is 0 Å². The number of benzene rings is 2. The normalized spacial score (nSPS) is 21.7. The van der Waals surface area contributed by atoms with Gasteiger partial charge in [-0.1, -0.05) is 55.5 Å². The number of aromatic amines is 1. The Morgan fingerprint density at radius 3 is 2.63 bits per heavy atom. The van der Waals surface area contributed by atoms with E-state index in [1.165, 1.54) is 10.9 Å². The van der Waals surface area contributed by atoms with Crippen LogP contribution in [0.5, 0.6) is 0 Å². The molecule has 1 amide bonds. The Hall–Kier alpha value is -2.66. The maximum absolute atomic E-state index is 13.2. The van der Waals surface area contributed by atoms with Crippen LogP contribution in [-0.4, -0.2) is 38.4 Å². The number of fused-ring (bicyclic) bond motifs is 4. The Kier molecular flexibility index (Phi) is 3.79. The van der Waals surface area contributed by atoms with E-state index in [-0.39, 0.29) is 18.0 Å². The summed E-state index contributed by atoms with van der Waals surface area (Å²) in [5.41, 5.74) is 4.68. The van der Waals surface area contributed by atoms with Gasteiger partial charge in [0.25, 0.3) is 5.91 Å². The fourth-order valence-corrected chi connectivity index (χ4v) is 4.95. The molecule has 2 aliphatic rings. The van der Waals surface area contributed by atoms with Gasteiger partial charge in [-0.2, -0.15) is 0 Å². The number of nitrogens with one attached hydrogen (secondary N) is 1. The van der Waals surface area contributed by atoms with Crippen LogP contribution in [0.3, 0.4) is 0 Å². The van der Waals surface area contributed by atoms with Crippen molar-refractivity contribution in [1.82, 2.24) is 14.8 Å². The highest BCUT2D eigenvalue weighted by molar-refractivity contribution is 7.80. The lowest BCUT2D eigenvalue weighted by atomic mass is 9.89. The van der Waals surface area contributed by atoms with Gasteiger partial charge >= 0.3 is 0 Å². The third kappa shape index (κ3) is 2.34. The van der Waals surface area contributed by atoms with Gasteiger partial charge in [-0.3, -0.25) is 9.69 Å². The lowest BCUT2D eigenvalue weighted by Gasteiger charge is -2.37. The van der Waals surface area contributed by atoms with Crippen molar-refractivity contribution in [1.29, 1.82) is 0 Å². The number of carbonyl (C=O) groups is 1. The Morgan fingerprint density at radius 2 is 1.85 bits per heavy atom. The molecule has 3 heterocycles. The second-order valence-corrected chi connectivity index (χ2v) is 7.64. The summed E-state index contributed by atoms with van der Waals surface area (Å²) in [6, 6.07) is 18.4. The molecule has 1 aromatic heterocycles. The number of carbonyl (C=O) groups excluding carboxylic acids is 1. The average Bonchev–Trinajstić information content (AvgIpc) is 3.18. The summed E-state index contributed by atoms with van der Waals surface area (Å²) in [4.78, 5) is 20.7. The number of thiocarbonyl (C=S) groups is 1. The lowest BCUT2D eigenvalue weighted by Crippen LogP contribution is -2.44. The van der Waals surface area contributed by atoms with Crippen molar-refractivity contribution < 1.29 is 4.79 Å². The number of H-pyrrole nitrogens is 1. The molecule has 2 atom stereocenters. The summed E-state index contributed by atoms with van der Waals surface area (Å²) >= 11 is 5.78. The summed E-state index contributed by atoms with van der Waals surface area (Å²) in [5.74, 6) is 0.138. The van der Waals surface area contributed by atoms with Gasteiger partial charge in [0.2, 0.25) is 0 Å². The maximum atomic E-state index is 13.2. The van der Waals surface area contributed by atoms with Crippen molar-refractivity contribution in [3.05, 3.63) is 71.4 Å². The minimum absolute atomic E-state index is 0.0642. The van der Waals surface area contributed by atoms with Gasteiger partial charge < -0.3 is 9.88 Å². The van der Waals surface area contributed by atoms with E-state index >= 15 is 0 Å². The third-order valence-corrected chi connectivity index (χ3v) is 6.13. The zero-order valence-corrected chi connectivity index (χ0v) is 16.0. The number of hydrogen-bond donors (Lipinski definition) is 1. The fourth-order valence-electron chi connectivity index (χ4n) is 4.54. The molecule has 3 aromatic rings. The van der Waals surface area contributed by atoms with E-state index in [9.17, 15) is 4.79 Å². The number of hydrogen-bond acceptors (Lipinski definition) is 2. The molecule has 1 N–H and O–H groups in total. The first-order valence-corrected chi connectivity index (χ1v) is 9.89. The number of amides is 1. The molecule has 0 radical (unpaired) electrons. The predicted octanol–water partition coefficient (Wildman–Crippen LogP) is 4.02. The summed E-state index contributed by atoms with van der Waals surface area (Å²) in [5, 5.41) is 1.87. The van der Waals surface area contributed by atoms with Crippen LogP contribution in [0.2, 0.25) is 0 Å². The van der Waals surface area contributed by atoms with Crippen LogP contribution < -0.4 is 0 Å². The molecule has 0 saturated carbocycles. The zero-order valence-electron chi connectivity index (χ0n) is 15.2. The Labute approximate surface area is 163 Å². The average molecular weight is 375 g/mol. The molecule has 5 heteroatoms. The number of para-hydroxylation sites is 1. The molecule has 0 unspecified atom stereocenters. The van der Waals surface area contributed by atoms with Crippen LogP contribution in [0.25, 0.3) is 10.9 Å². The molecular weight excluding hydrogens is 354 g/mol. The Balaban J connectivity index is 1.73. The standard InChI is InChI=1S/C22H21N3OS/c1-2-12-24-21(26)18-13-16-15-10-6-7-11-17(15)23-19(16)20(25(18)22(24)27)14-8-4-3-5-9-14/h3-11,18,20,23H,2,12-13H2,1H3/t18-,20-/m1/s1. The second-order valence-electron chi connectivity index (χ2n) is 7.28. The second kappa shape index (κ2) is 6.20. The van der Waals surface area contributed by atoms with Gasteiger partial charge in [0.1, 0.15) is 6.04 Å². The molecule has 2 aliphatic heterocycles. The van der Waals surface area contributed by atoms with E-state index < -0.39 is 0 Å². The van der Waals surface area contributed by atoms with Crippen molar-refractivity contribution in [2.75, 3.05) is 6.54 Å². The molecule has 136 valence electrons. The molecule has 1 saturated heterocycles. The molecule has 2 aromatic carbocycles. The molecule has 0 bridgehead atoms. The zero-order chi connectivity index (χ0) is 18.5. The molecule has 0 aliphatic carbocycles. The van der Waals surface area contributed by atoms with Gasteiger partial charge in [0.05, 0.1) is 6.04 Å². The maximum Gasteiger partial charge on any atom is 0.251 e. The number of rotatable bonds is 3. The van der Waals surface area contributed by atoms with Gasteiger partial charge in [-0.25, -0.2) is 0 Å². The Bertz CT molecular complexity index is 1040. The molecular formula is C22H21N3OS. The molecule has 4 nitrogen and oxygen atoms in total. The minimum Gasteiger partial charge on any atom is -0.356 e. The van der Waals surface area contributed by atoms with Gasteiger partial charge in [-0.05, 0) is 35.8 Å². The first kappa shape index (κ1) is 16.5. The Morgan fingerprint density at radius 1 is 1.11 bits per heavy atom. The monoisotopic (exact) mass is 375 g/mol. The summed E-state index contributed by atoms with van der Waals surface area (Å²) < 4.78 is 0. The number of nitrogens with zero attached hydrogens (tertiary/aromatic N) is 2. The summed E-state index contributed by atoms with van der Waals surface area (Å²) in [6.45, 7) is 2.76. The van der Waals surface area contributed by atoms with Gasteiger partial charge in [0, 0.05) is 29.6 Å². The van der Waals surface area contributed by atoms with Crippen LogP contribution in [0, 0.1) is 0 Å². The van der Waals surface area contributed by atoms with E-state index in [1.807, 2.05) is 24.3 Å². The highest BCUT2D eigenvalue weighted by atomic mass is 32.1. The fraction of sp³-hybridized carbons (Fsp3) is 0.273. The van der Waals surface area contributed by atoms with Crippen LogP contribution in [0.1, 0.15) is 36.2 Å². The lowest BCUT2D eigenvalue weighted by molar-refractivity contribution is -0.128. The van der Waals surface area contributed by atoms with Crippen LogP contribution in [0.4, 0.5) is 0 Å². The van der Waals surface area contributed by atoms with Gasteiger partial charge in [0.15, 0.2) is 5.11 Å². The largest absolute Gasteiger partial charge is 0.356 e. The van der Waals surface area contributed by atoms with E-state index in [2.05, 4.69) is 47.1 Å². The molecule has 0 spiro atoms. The third-order valence-electron chi connectivity index (χ3n) is 5.70. The van der Waals surface area contributed by atoms with Crippen molar-refractivity contribution in [2.45, 2.75) is 31.8 Å². The van der Waals surface area contributed by atoms with Crippen LogP contribution >= 0.6 is 12.2 Å². The molecule has 1 fully saturated rings. The first-order valence-electron chi connectivity index (χ1n) is 9.48. The number of aromatic nitrogens is 1. The highest BCUT2D eigenvalue weighted by Gasteiger charge is 2.50. The van der Waals surface area contributed by atoms with E-state index in [0.717, 1.165) is 23.2 Å². The van der Waals surface area contributed by atoms with Crippen molar-refractivity contribution in [2.24, 2.45) is 0 Å². The topological polar surface area (TPSA) is 39.3 Å². The van der Waals surface area contributed by atoms with E-state index in [1.54, 1.807) is 4.90 Å². The van der Waals surface area contributed by atoms with E-state index in [0.29, 0.717) is 18.1 Å². The predicted molar refractivity (Wildman–Crippen MR) is 111 cm³/mol. The molecule has 5 rings (SSSR count). The highest BCUT2D eigenvalue weighted by Crippen LogP contribution is 2.43. The summed E-state index contributed by atoms with van der Waals surface area (Å²) in [7, 11) is 0. The summed E-state index contributed by atoms with van der Waals surface area (Å²) in [6.07, 6.45) is 1.60. The van der Waals surface area contributed by atoms with Crippen LogP contribution in [0.15, 0.2) is 54.6 Å². The van der Waals surface area contributed by atoms with E-state index in [4.69, 9.17) is 12.2 Å². The minimum atomic E-state index is -0.221. The smallest absolute Gasteiger partial charge is 0.251 e.